The second-order valence-corrected chi connectivity index (χ2v) is 5.44. The quantitative estimate of drug-likeness (QED) is 0.851. The summed E-state index contributed by atoms with van der Waals surface area (Å²) in [5.41, 5.74) is -0.389. The van der Waals surface area contributed by atoms with Crippen molar-refractivity contribution < 1.29 is 19.5 Å². The molecule has 0 saturated heterocycles. The van der Waals surface area contributed by atoms with Gasteiger partial charge in [-0.2, -0.15) is 0 Å². The number of imide groups is 1. The maximum atomic E-state index is 11.8. The maximum absolute atomic E-state index is 11.8. The van der Waals surface area contributed by atoms with Crippen molar-refractivity contribution in [2.75, 3.05) is 7.05 Å². The molecule has 0 spiro atoms. The standard InChI is InChI=1S/C14H19N3O4/c1-14(2,12(19)20)7-11(18)16-13(21)17(3)9-10-5-4-6-15-8-10/h4-6,8H,7,9H2,1-3H3,(H,19,20)(H,16,18,21). The summed E-state index contributed by atoms with van der Waals surface area (Å²) in [6.45, 7) is 3.16. The molecule has 0 fully saturated rings. The number of aliphatic carboxylic acids is 1. The number of rotatable bonds is 5. The Balaban J connectivity index is 2.53. The van der Waals surface area contributed by atoms with Gasteiger partial charge in [0.2, 0.25) is 5.91 Å². The van der Waals surface area contributed by atoms with Gasteiger partial charge >= 0.3 is 12.0 Å². The van der Waals surface area contributed by atoms with Crippen molar-refractivity contribution in [3.8, 4) is 0 Å². The van der Waals surface area contributed by atoms with Crippen LogP contribution < -0.4 is 5.32 Å². The summed E-state index contributed by atoms with van der Waals surface area (Å²) >= 11 is 0. The molecule has 0 atom stereocenters. The SMILES string of the molecule is CN(Cc1cccnc1)C(=O)NC(=O)CC(C)(C)C(=O)O. The van der Waals surface area contributed by atoms with Crippen LogP contribution in [0.1, 0.15) is 25.8 Å². The number of hydrogen-bond acceptors (Lipinski definition) is 4. The molecule has 7 nitrogen and oxygen atoms in total. The second-order valence-electron chi connectivity index (χ2n) is 5.44. The van der Waals surface area contributed by atoms with E-state index in [0.717, 1.165) is 5.56 Å². The molecule has 0 aliphatic heterocycles. The van der Waals surface area contributed by atoms with Crippen molar-refractivity contribution in [1.29, 1.82) is 0 Å². The van der Waals surface area contributed by atoms with Gasteiger partial charge in [0, 0.05) is 32.4 Å². The van der Waals surface area contributed by atoms with Gasteiger partial charge in [0.05, 0.1) is 5.41 Å². The number of urea groups is 1. The summed E-state index contributed by atoms with van der Waals surface area (Å²) in [7, 11) is 1.54. The second kappa shape index (κ2) is 6.83. The van der Waals surface area contributed by atoms with Gasteiger partial charge < -0.3 is 10.0 Å². The first-order valence-electron chi connectivity index (χ1n) is 6.39. The highest BCUT2D eigenvalue weighted by atomic mass is 16.4. The zero-order valence-corrected chi connectivity index (χ0v) is 12.3. The molecule has 0 aliphatic carbocycles. The van der Waals surface area contributed by atoms with Gasteiger partial charge in [-0.25, -0.2) is 4.79 Å². The number of nitrogens with zero attached hydrogens (tertiary/aromatic N) is 2. The third kappa shape index (κ3) is 5.21. The minimum atomic E-state index is -1.22. The highest BCUT2D eigenvalue weighted by Gasteiger charge is 2.31. The molecule has 7 heteroatoms. The summed E-state index contributed by atoms with van der Waals surface area (Å²) in [5, 5.41) is 11.1. The molecule has 3 amide bonds. The van der Waals surface area contributed by atoms with E-state index in [4.69, 9.17) is 5.11 Å². The van der Waals surface area contributed by atoms with Gasteiger partial charge in [-0.05, 0) is 25.5 Å². The molecular weight excluding hydrogens is 274 g/mol. The Hall–Kier alpha value is -2.44. The van der Waals surface area contributed by atoms with E-state index in [2.05, 4.69) is 10.3 Å². The molecule has 1 rings (SSSR count). The first-order valence-corrected chi connectivity index (χ1v) is 6.39. The van der Waals surface area contributed by atoms with Crippen LogP contribution >= 0.6 is 0 Å². The first-order chi connectivity index (χ1) is 9.72. The van der Waals surface area contributed by atoms with Crippen LogP contribution in [0.15, 0.2) is 24.5 Å². The Kier molecular flexibility index (Phi) is 5.40. The van der Waals surface area contributed by atoms with Gasteiger partial charge in [0.25, 0.3) is 0 Å². The molecule has 2 N–H and O–H groups in total. The fraction of sp³-hybridized carbons (Fsp3) is 0.429. The van der Waals surface area contributed by atoms with E-state index < -0.39 is 23.3 Å². The predicted octanol–water partition coefficient (Wildman–Crippen LogP) is 1.25. The lowest BCUT2D eigenvalue weighted by Gasteiger charge is -2.20. The van der Waals surface area contributed by atoms with Crippen LogP contribution in [-0.4, -0.2) is 39.9 Å². The average molecular weight is 293 g/mol. The number of aromatic nitrogens is 1. The van der Waals surface area contributed by atoms with E-state index in [-0.39, 0.29) is 6.42 Å². The number of amides is 3. The number of carboxylic acid groups (broad SMARTS) is 1. The first kappa shape index (κ1) is 16.6. The van der Waals surface area contributed by atoms with Gasteiger partial charge in [-0.1, -0.05) is 6.07 Å². The molecule has 0 aromatic carbocycles. The van der Waals surface area contributed by atoms with Crippen molar-refractivity contribution in [2.45, 2.75) is 26.8 Å². The summed E-state index contributed by atoms with van der Waals surface area (Å²) in [6, 6.07) is 2.98. The molecule has 1 heterocycles. The number of carbonyl (C=O) groups excluding carboxylic acids is 2. The third-order valence-electron chi connectivity index (χ3n) is 2.92. The van der Waals surface area contributed by atoms with Crippen molar-refractivity contribution in [3.63, 3.8) is 0 Å². The van der Waals surface area contributed by atoms with Gasteiger partial charge in [0.1, 0.15) is 0 Å². The maximum Gasteiger partial charge on any atom is 0.324 e. The fourth-order valence-electron chi connectivity index (χ4n) is 1.57. The number of nitrogens with one attached hydrogen (secondary N) is 1. The summed E-state index contributed by atoms with van der Waals surface area (Å²) < 4.78 is 0. The van der Waals surface area contributed by atoms with Crippen molar-refractivity contribution in [1.82, 2.24) is 15.2 Å². The topological polar surface area (TPSA) is 99.6 Å². The van der Waals surface area contributed by atoms with Crippen LogP contribution in [0.5, 0.6) is 0 Å². The Morgan fingerprint density at radius 1 is 1.38 bits per heavy atom. The van der Waals surface area contributed by atoms with Crippen LogP contribution in [-0.2, 0) is 16.1 Å². The van der Waals surface area contributed by atoms with E-state index in [1.54, 1.807) is 18.5 Å². The summed E-state index contributed by atoms with van der Waals surface area (Å²) in [4.78, 5) is 39.7. The fourth-order valence-corrected chi connectivity index (χ4v) is 1.57. The highest BCUT2D eigenvalue weighted by Crippen LogP contribution is 2.20. The molecule has 0 saturated carbocycles. The zero-order valence-electron chi connectivity index (χ0n) is 12.3. The van der Waals surface area contributed by atoms with E-state index in [1.165, 1.54) is 25.8 Å². The van der Waals surface area contributed by atoms with Crippen molar-refractivity contribution in [3.05, 3.63) is 30.1 Å². The number of pyridine rings is 1. The van der Waals surface area contributed by atoms with Crippen LogP contribution in [0, 0.1) is 5.41 Å². The smallest absolute Gasteiger partial charge is 0.324 e. The minimum Gasteiger partial charge on any atom is -0.481 e. The molecule has 114 valence electrons. The van der Waals surface area contributed by atoms with Gasteiger partial charge in [0.15, 0.2) is 0 Å². The molecular formula is C14H19N3O4. The van der Waals surface area contributed by atoms with Crippen molar-refractivity contribution >= 4 is 17.9 Å². The monoisotopic (exact) mass is 293 g/mol. The zero-order chi connectivity index (χ0) is 16.0. The largest absolute Gasteiger partial charge is 0.481 e. The number of hydrogen-bond donors (Lipinski definition) is 2. The van der Waals surface area contributed by atoms with E-state index in [0.29, 0.717) is 6.54 Å². The Morgan fingerprint density at radius 2 is 2.05 bits per heavy atom. The Labute approximate surface area is 123 Å². The number of carboxylic acids is 1. The molecule has 21 heavy (non-hydrogen) atoms. The number of carbonyl (C=O) groups is 3. The Morgan fingerprint density at radius 3 is 2.57 bits per heavy atom. The predicted molar refractivity (Wildman–Crippen MR) is 75.3 cm³/mol. The summed E-state index contributed by atoms with van der Waals surface area (Å²) in [6.07, 6.45) is 2.98. The molecule has 0 unspecified atom stereocenters. The van der Waals surface area contributed by atoms with Gasteiger partial charge in [-0.3, -0.25) is 19.9 Å². The van der Waals surface area contributed by atoms with E-state index >= 15 is 0 Å². The molecule has 0 bridgehead atoms. The van der Waals surface area contributed by atoms with E-state index in [9.17, 15) is 14.4 Å². The lowest BCUT2D eigenvalue weighted by atomic mass is 9.89. The molecule has 1 aromatic heterocycles. The van der Waals surface area contributed by atoms with Crippen LogP contribution in [0.25, 0.3) is 0 Å². The van der Waals surface area contributed by atoms with Crippen molar-refractivity contribution in [2.24, 2.45) is 5.41 Å². The van der Waals surface area contributed by atoms with Crippen LogP contribution in [0.3, 0.4) is 0 Å². The highest BCUT2D eigenvalue weighted by molar-refractivity contribution is 5.96. The molecule has 0 radical (unpaired) electrons. The normalized spacial score (nSPS) is 10.8. The minimum absolute atomic E-state index is 0.269. The molecule has 0 aliphatic rings. The summed E-state index contributed by atoms with van der Waals surface area (Å²) in [5.74, 6) is -1.71. The third-order valence-corrected chi connectivity index (χ3v) is 2.92. The van der Waals surface area contributed by atoms with Crippen LogP contribution in [0.4, 0.5) is 4.79 Å². The molecule has 1 aromatic rings. The van der Waals surface area contributed by atoms with Crippen LogP contribution in [0.2, 0.25) is 0 Å². The van der Waals surface area contributed by atoms with E-state index in [1.807, 2.05) is 6.07 Å². The lowest BCUT2D eigenvalue weighted by molar-refractivity contribution is -0.149. The Bertz CT molecular complexity index is 528. The van der Waals surface area contributed by atoms with Gasteiger partial charge in [-0.15, -0.1) is 0 Å². The average Bonchev–Trinajstić information content (AvgIpc) is 2.38. The lowest BCUT2D eigenvalue weighted by Crippen LogP contribution is -2.42.